The summed E-state index contributed by atoms with van der Waals surface area (Å²) in [7, 11) is 1.38. The average Bonchev–Trinajstić information content (AvgIpc) is 2.16. The minimum absolute atomic E-state index is 0.0400. The molecule has 6 heteroatoms. The summed E-state index contributed by atoms with van der Waals surface area (Å²) in [4.78, 5) is 0. The molecule has 0 radical (unpaired) electrons. The smallest absolute Gasteiger partial charge is 0.407 e. The maximum absolute atomic E-state index is 12.4. The van der Waals surface area contributed by atoms with Crippen molar-refractivity contribution in [2.45, 2.75) is 12.2 Å². The molecule has 0 heterocycles. The first-order chi connectivity index (χ1) is 6.86. The molecule has 0 unspecified atom stereocenters. The summed E-state index contributed by atoms with van der Waals surface area (Å²) in [6, 6.07) is 2.28. The Labute approximate surface area is 93.3 Å². The Bertz CT molecular complexity index is 354. The van der Waals surface area contributed by atoms with Crippen LogP contribution in [0.15, 0.2) is 22.7 Å². The molecule has 84 valence electrons. The van der Waals surface area contributed by atoms with Gasteiger partial charge in [-0.25, -0.2) is 0 Å². The van der Waals surface area contributed by atoms with E-state index in [0.29, 0.717) is 10.2 Å². The molecule has 0 aliphatic carbocycles. The highest BCUT2D eigenvalue weighted by Gasteiger charge is 2.38. The molecule has 0 saturated heterocycles. The average molecular weight is 284 g/mol. The third-order valence-corrected chi connectivity index (χ3v) is 2.61. The molecule has 1 atom stereocenters. The van der Waals surface area contributed by atoms with Gasteiger partial charge in [-0.15, -0.1) is 0 Å². The fourth-order valence-electron chi connectivity index (χ4n) is 1.06. The monoisotopic (exact) mass is 283 g/mol. The molecule has 0 fully saturated rings. The number of methoxy groups -OCH3 is 1. The maximum atomic E-state index is 12.4. The van der Waals surface area contributed by atoms with Crippen molar-refractivity contribution in [2.24, 2.45) is 5.73 Å². The van der Waals surface area contributed by atoms with E-state index in [2.05, 4.69) is 15.9 Å². The number of nitrogens with two attached hydrogens (primary N) is 1. The van der Waals surface area contributed by atoms with Gasteiger partial charge in [0.15, 0.2) is 0 Å². The molecule has 0 spiro atoms. The summed E-state index contributed by atoms with van der Waals surface area (Å²) >= 11 is 3.02. The van der Waals surface area contributed by atoms with Gasteiger partial charge in [0, 0.05) is 4.47 Å². The molecule has 1 aromatic carbocycles. The van der Waals surface area contributed by atoms with Crippen molar-refractivity contribution in [1.29, 1.82) is 0 Å². The van der Waals surface area contributed by atoms with Crippen LogP contribution in [0.5, 0.6) is 5.75 Å². The molecule has 0 saturated carbocycles. The van der Waals surface area contributed by atoms with Gasteiger partial charge in [0.2, 0.25) is 0 Å². The number of halogens is 4. The van der Waals surface area contributed by atoms with Gasteiger partial charge in [-0.05, 0) is 23.8 Å². The van der Waals surface area contributed by atoms with E-state index in [0.717, 1.165) is 0 Å². The summed E-state index contributed by atoms with van der Waals surface area (Å²) < 4.78 is 42.2. The number of ether oxygens (including phenoxy) is 1. The van der Waals surface area contributed by atoms with E-state index in [1.54, 1.807) is 6.07 Å². The zero-order valence-corrected chi connectivity index (χ0v) is 9.39. The fourth-order valence-corrected chi connectivity index (χ4v) is 1.56. The van der Waals surface area contributed by atoms with Crippen molar-refractivity contribution in [3.63, 3.8) is 0 Å². The van der Waals surface area contributed by atoms with Crippen LogP contribution in [0.1, 0.15) is 11.6 Å². The topological polar surface area (TPSA) is 35.2 Å². The standard InChI is InChI=1S/C9H9BrF3NO/c1-15-5-2-3-7(10)6(4-5)8(14)9(11,12)13/h2-4,8H,14H2,1H3/t8-/m1/s1. The third-order valence-electron chi connectivity index (χ3n) is 1.89. The number of rotatable bonds is 2. The van der Waals surface area contributed by atoms with Crippen LogP contribution >= 0.6 is 15.9 Å². The minimum atomic E-state index is -4.46. The first-order valence-corrected chi connectivity index (χ1v) is 4.81. The van der Waals surface area contributed by atoms with E-state index in [-0.39, 0.29) is 5.56 Å². The Morgan fingerprint density at radius 2 is 2.00 bits per heavy atom. The van der Waals surface area contributed by atoms with Crippen molar-refractivity contribution >= 4 is 15.9 Å². The molecule has 2 nitrogen and oxygen atoms in total. The Balaban J connectivity index is 3.12. The van der Waals surface area contributed by atoms with E-state index in [9.17, 15) is 13.2 Å². The summed E-state index contributed by atoms with van der Waals surface area (Å²) in [6.45, 7) is 0. The normalized spacial score (nSPS) is 13.7. The lowest BCUT2D eigenvalue weighted by atomic mass is 10.1. The van der Waals surface area contributed by atoms with Gasteiger partial charge in [0.25, 0.3) is 0 Å². The Morgan fingerprint density at radius 1 is 1.40 bits per heavy atom. The number of hydrogen-bond donors (Lipinski definition) is 1. The van der Waals surface area contributed by atoms with E-state index in [4.69, 9.17) is 10.5 Å². The van der Waals surface area contributed by atoms with Gasteiger partial charge in [0.1, 0.15) is 11.8 Å². The second-order valence-electron chi connectivity index (χ2n) is 2.91. The number of hydrogen-bond acceptors (Lipinski definition) is 2. The highest BCUT2D eigenvalue weighted by Crippen LogP contribution is 2.35. The van der Waals surface area contributed by atoms with Crippen molar-refractivity contribution in [3.8, 4) is 5.75 Å². The Morgan fingerprint density at radius 3 is 2.47 bits per heavy atom. The molecule has 0 aliphatic rings. The van der Waals surface area contributed by atoms with E-state index in [1.807, 2.05) is 0 Å². The van der Waals surface area contributed by atoms with E-state index in [1.165, 1.54) is 19.2 Å². The quantitative estimate of drug-likeness (QED) is 0.906. The summed E-state index contributed by atoms with van der Waals surface area (Å²) in [5.74, 6) is 0.341. The summed E-state index contributed by atoms with van der Waals surface area (Å²) in [5, 5.41) is 0. The summed E-state index contributed by atoms with van der Waals surface area (Å²) in [5.41, 5.74) is 5.05. The molecule has 2 N–H and O–H groups in total. The number of benzene rings is 1. The number of alkyl halides is 3. The molecule has 0 amide bonds. The van der Waals surface area contributed by atoms with E-state index < -0.39 is 12.2 Å². The molecule has 0 aliphatic heterocycles. The molecule has 0 aromatic heterocycles. The second-order valence-corrected chi connectivity index (χ2v) is 3.76. The SMILES string of the molecule is COc1ccc(Br)c([C@@H](N)C(F)(F)F)c1. The van der Waals surface area contributed by atoms with Crippen LogP contribution in [0.25, 0.3) is 0 Å². The first-order valence-electron chi connectivity index (χ1n) is 4.02. The molecule has 1 aromatic rings. The van der Waals surface area contributed by atoms with Gasteiger partial charge >= 0.3 is 6.18 Å². The predicted molar refractivity (Wildman–Crippen MR) is 53.7 cm³/mol. The van der Waals surface area contributed by atoms with Crippen LogP contribution in [0.2, 0.25) is 0 Å². The lowest BCUT2D eigenvalue weighted by molar-refractivity contribution is -0.149. The van der Waals surface area contributed by atoms with Crippen molar-refractivity contribution in [1.82, 2.24) is 0 Å². The highest BCUT2D eigenvalue weighted by atomic mass is 79.9. The van der Waals surface area contributed by atoms with Gasteiger partial charge in [-0.2, -0.15) is 13.2 Å². The molecule has 1 rings (SSSR count). The fraction of sp³-hybridized carbons (Fsp3) is 0.333. The first kappa shape index (κ1) is 12.3. The lowest BCUT2D eigenvalue weighted by Crippen LogP contribution is -2.28. The van der Waals surface area contributed by atoms with Crippen LogP contribution in [0.4, 0.5) is 13.2 Å². The Hall–Kier alpha value is -0.750. The zero-order valence-electron chi connectivity index (χ0n) is 7.81. The third kappa shape index (κ3) is 2.85. The Kier molecular flexibility index (Phi) is 3.62. The van der Waals surface area contributed by atoms with Gasteiger partial charge in [0.05, 0.1) is 7.11 Å². The van der Waals surface area contributed by atoms with Crippen LogP contribution in [-0.4, -0.2) is 13.3 Å². The van der Waals surface area contributed by atoms with Crippen LogP contribution in [0, 0.1) is 0 Å². The molecule has 0 bridgehead atoms. The van der Waals surface area contributed by atoms with E-state index >= 15 is 0 Å². The second kappa shape index (κ2) is 4.40. The largest absolute Gasteiger partial charge is 0.497 e. The molecular weight excluding hydrogens is 275 g/mol. The lowest BCUT2D eigenvalue weighted by Gasteiger charge is -2.17. The van der Waals surface area contributed by atoms with Gasteiger partial charge in [-0.3, -0.25) is 0 Å². The highest BCUT2D eigenvalue weighted by molar-refractivity contribution is 9.10. The van der Waals surface area contributed by atoms with Crippen LogP contribution in [-0.2, 0) is 0 Å². The van der Waals surface area contributed by atoms with Crippen molar-refractivity contribution < 1.29 is 17.9 Å². The zero-order chi connectivity index (χ0) is 11.6. The maximum Gasteiger partial charge on any atom is 0.407 e. The van der Waals surface area contributed by atoms with Crippen molar-refractivity contribution in [2.75, 3.05) is 7.11 Å². The van der Waals surface area contributed by atoms with Crippen LogP contribution < -0.4 is 10.5 Å². The molecule has 15 heavy (non-hydrogen) atoms. The van der Waals surface area contributed by atoms with Crippen molar-refractivity contribution in [3.05, 3.63) is 28.2 Å². The van der Waals surface area contributed by atoms with Gasteiger partial charge in [-0.1, -0.05) is 15.9 Å². The van der Waals surface area contributed by atoms with Crippen LogP contribution in [0.3, 0.4) is 0 Å². The summed E-state index contributed by atoms with van der Waals surface area (Å²) in [6.07, 6.45) is -4.46. The molecular formula is C9H9BrF3NO. The van der Waals surface area contributed by atoms with Gasteiger partial charge < -0.3 is 10.5 Å². The predicted octanol–water partition coefficient (Wildman–Crippen LogP) is 3.02. The minimum Gasteiger partial charge on any atom is -0.497 e.